The van der Waals surface area contributed by atoms with Gasteiger partial charge in [0.2, 0.25) is 0 Å². The summed E-state index contributed by atoms with van der Waals surface area (Å²) in [7, 11) is 1.45. The molecule has 0 saturated heterocycles. The van der Waals surface area contributed by atoms with E-state index >= 15 is 4.39 Å². The number of hydrogen-bond acceptors (Lipinski definition) is 10. The first-order chi connectivity index (χ1) is 19.3. The summed E-state index contributed by atoms with van der Waals surface area (Å²) in [5.41, 5.74) is 6.00. The number of fused-ring (bicyclic) bond motifs is 1. The smallest absolute Gasteiger partial charge is 0.350 e. The number of amidine groups is 1. The number of methoxy groups -OCH3 is 1. The molecule has 206 valence electrons. The summed E-state index contributed by atoms with van der Waals surface area (Å²) in [5, 5.41) is 15.3. The predicted octanol–water partition coefficient (Wildman–Crippen LogP) is 2.23. The molecule has 14 heteroatoms. The number of anilines is 1. The summed E-state index contributed by atoms with van der Waals surface area (Å²) in [6, 6.07) is 6.49. The molecule has 2 aromatic carbocycles. The molecule has 0 fully saturated rings. The van der Waals surface area contributed by atoms with E-state index in [0.717, 1.165) is 4.68 Å². The van der Waals surface area contributed by atoms with Crippen LogP contribution in [0.25, 0.3) is 5.95 Å². The maximum absolute atomic E-state index is 16.1. The summed E-state index contributed by atoms with van der Waals surface area (Å²) in [5.74, 6) is -0.749. The molecular weight excluding hydrogens is 523 g/mol. The largest absolute Gasteiger partial charge is 0.493 e. The van der Waals surface area contributed by atoms with E-state index in [4.69, 9.17) is 25.4 Å². The van der Waals surface area contributed by atoms with Gasteiger partial charge in [-0.05, 0) is 37.1 Å². The van der Waals surface area contributed by atoms with Gasteiger partial charge >= 0.3 is 11.7 Å². The number of nitrogens with zero attached hydrogens (tertiary/aromatic N) is 4. The lowest BCUT2D eigenvalue weighted by molar-refractivity contribution is -0.131. The van der Waals surface area contributed by atoms with Crippen molar-refractivity contribution in [3.63, 3.8) is 0 Å². The second-order valence-electron chi connectivity index (χ2n) is 8.81. The Morgan fingerprint density at radius 1 is 1.27 bits per heavy atom. The van der Waals surface area contributed by atoms with Crippen LogP contribution in [0.15, 0.2) is 47.5 Å². The minimum atomic E-state index is -1.08. The third kappa shape index (κ3) is 5.06. The molecule has 0 amide bonds. The zero-order valence-electron chi connectivity index (χ0n) is 21.5. The fraction of sp³-hybridized carbons (Fsp3) is 0.231. The van der Waals surface area contributed by atoms with Crippen molar-refractivity contribution >= 4 is 17.5 Å². The maximum atomic E-state index is 16.1. The second-order valence-corrected chi connectivity index (χ2v) is 8.81. The molecule has 40 heavy (non-hydrogen) atoms. The molecule has 0 radical (unpaired) electrons. The Balaban J connectivity index is 1.67. The van der Waals surface area contributed by atoms with Gasteiger partial charge in [-0.3, -0.25) is 15.2 Å². The number of H-pyrrole nitrogens is 1. The topological polar surface area (TPSA) is 183 Å². The standard InChI is InChI=1S/C26H25FN8O5/c1-13(36)40-18-11-14(6-7-15(18)23(28)29)32-21(24-33-26(37)35(34-24)25-30-8-4-9-31-25)17-12-19(38-2)22-16(20(17)27)5-3-10-39-22/h4,6-9,11-12,21,32H,3,5,10H2,1-2H3,(H3,28,29)(H,33,34,37)/t21-/m0/s1. The van der Waals surface area contributed by atoms with E-state index in [1.165, 1.54) is 44.6 Å². The number of hydrogen-bond donors (Lipinski definition) is 4. The molecule has 0 unspecified atom stereocenters. The third-order valence-electron chi connectivity index (χ3n) is 6.14. The predicted molar refractivity (Wildman–Crippen MR) is 141 cm³/mol. The number of nitrogen functional groups attached to an aromatic ring is 1. The lowest BCUT2D eigenvalue weighted by atomic mass is 9.96. The van der Waals surface area contributed by atoms with Crippen LogP contribution in [-0.2, 0) is 11.2 Å². The van der Waals surface area contributed by atoms with Crippen LogP contribution < -0.4 is 31.0 Å². The van der Waals surface area contributed by atoms with Crippen LogP contribution in [-0.4, -0.2) is 50.3 Å². The van der Waals surface area contributed by atoms with Crippen LogP contribution in [0.3, 0.4) is 0 Å². The lowest BCUT2D eigenvalue weighted by Crippen LogP contribution is -2.20. The van der Waals surface area contributed by atoms with Crippen LogP contribution in [0.5, 0.6) is 17.2 Å². The number of halogens is 1. The lowest BCUT2D eigenvalue weighted by Gasteiger charge is -2.25. The average molecular weight is 549 g/mol. The summed E-state index contributed by atoms with van der Waals surface area (Å²) >= 11 is 0. The number of nitrogens with one attached hydrogen (secondary N) is 3. The van der Waals surface area contributed by atoms with E-state index in [2.05, 4.69) is 25.4 Å². The summed E-state index contributed by atoms with van der Waals surface area (Å²) in [4.78, 5) is 35.4. The summed E-state index contributed by atoms with van der Waals surface area (Å²) in [6.45, 7) is 1.65. The average Bonchev–Trinajstić information content (AvgIpc) is 3.33. The van der Waals surface area contributed by atoms with Gasteiger partial charge in [-0.25, -0.2) is 19.2 Å². The normalized spacial score (nSPS) is 13.1. The minimum Gasteiger partial charge on any atom is -0.493 e. The number of nitrogens with two attached hydrogens (primary N) is 1. The van der Waals surface area contributed by atoms with Crippen molar-refractivity contribution in [2.75, 3.05) is 19.0 Å². The van der Waals surface area contributed by atoms with Gasteiger partial charge in [0.15, 0.2) is 17.3 Å². The number of rotatable bonds is 8. The van der Waals surface area contributed by atoms with Gasteiger partial charge in [-0.15, -0.1) is 9.78 Å². The summed E-state index contributed by atoms with van der Waals surface area (Å²) in [6.07, 6.45) is 3.95. The number of ether oxygens (including phenoxy) is 3. The van der Waals surface area contributed by atoms with Gasteiger partial charge in [-0.1, -0.05) is 0 Å². The van der Waals surface area contributed by atoms with Gasteiger partial charge in [0.05, 0.1) is 19.3 Å². The molecule has 5 rings (SSSR count). The number of carbonyl (C=O) groups excluding carboxylic acids is 1. The molecule has 0 aliphatic carbocycles. The number of carbonyl (C=O) groups is 1. The van der Waals surface area contributed by atoms with E-state index in [1.807, 2.05) is 0 Å². The monoisotopic (exact) mass is 548 g/mol. The van der Waals surface area contributed by atoms with E-state index < -0.39 is 23.5 Å². The van der Waals surface area contributed by atoms with Gasteiger partial charge in [0.1, 0.15) is 23.4 Å². The fourth-order valence-electron chi connectivity index (χ4n) is 4.40. The molecule has 0 bridgehead atoms. The Bertz CT molecular complexity index is 1650. The van der Waals surface area contributed by atoms with E-state index in [0.29, 0.717) is 42.2 Å². The zero-order valence-corrected chi connectivity index (χ0v) is 21.5. The highest BCUT2D eigenvalue weighted by molar-refractivity contribution is 5.98. The molecule has 1 aliphatic rings. The number of aromatic nitrogens is 5. The van der Waals surface area contributed by atoms with E-state index in [-0.39, 0.29) is 34.5 Å². The van der Waals surface area contributed by atoms with Crippen molar-refractivity contribution in [2.24, 2.45) is 5.73 Å². The van der Waals surface area contributed by atoms with Crippen LogP contribution in [0, 0.1) is 11.2 Å². The second kappa shape index (κ2) is 10.8. The first-order valence-electron chi connectivity index (χ1n) is 12.2. The van der Waals surface area contributed by atoms with E-state index in [1.54, 1.807) is 12.1 Å². The molecule has 5 N–H and O–H groups in total. The SMILES string of the molecule is COc1cc([C@H](Nc2ccc(C(=N)N)c(OC(C)=O)c2)c2nn(-c3ncccn3)c(=O)[nH]2)c(F)c2c1OCCC2. The Morgan fingerprint density at radius 2 is 2.05 bits per heavy atom. The van der Waals surface area contributed by atoms with Crippen molar-refractivity contribution in [1.29, 1.82) is 5.41 Å². The van der Waals surface area contributed by atoms with Crippen molar-refractivity contribution in [2.45, 2.75) is 25.8 Å². The first-order valence-corrected chi connectivity index (χ1v) is 12.2. The van der Waals surface area contributed by atoms with Gasteiger partial charge < -0.3 is 25.3 Å². The Morgan fingerprint density at radius 3 is 2.75 bits per heavy atom. The Hall–Kier alpha value is -5.27. The molecule has 1 atom stereocenters. The summed E-state index contributed by atoms with van der Waals surface area (Å²) < 4.78 is 33.5. The Labute approximate surface area is 226 Å². The van der Waals surface area contributed by atoms with Crippen LogP contribution in [0.4, 0.5) is 10.1 Å². The number of esters is 1. The number of aromatic amines is 1. The van der Waals surface area contributed by atoms with Gasteiger partial charge in [-0.2, -0.15) is 0 Å². The minimum absolute atomic E-state index is 0.0219. The Kier molecular flexibility index (Phi) is 7.14. The molecule has 0 spiro atoms. The van der Waals surface area contributed by atoms with E-state index in [9.17, 15) is 9.59 Å². The maximum Gasteiger partial charge on any atom is 0.350 e. The third-order valence-corrected chi connectivity index (χ3v) is 6.14. The molecule has 2 aromatic heterocycles. The molecule has 1 aliphatic heterocycles. The van der Waals surface area contributed by atoms with Crippen LogP contribution in [0.1, 0.15) is 41.9 Å². The highest BCUT2D eigenvalue weighted by Gasteiger charge is 2.30. The van der Waals surface area contributed by atoms with Crippen molar-refractivity contribution in [1.82, 2.24) is 24.7 Å². The molecule has 0 saturated carbocycles. The van der Waals surface area contributed by atoms with Crippen LogP contribution in [0.2, 0.25) is 0 Å². The van der Waals surface area contributed by atoms with Gasteiger partial charge in [0.25, 0.3) is 5.95 Å². The quantitative estimate of drug-likeness (QED) is 0.110. The van der Waals surface area contributed by atoms with Crippen LogP contribution >= 0.6 is 0 Å². The number of benzene rings is 2. The van der Waals surface area contributed by atoms with Crippen molar-refractivity contribution in [3.05, 3.63) is 81.5 Å². The highest BCUT2D eigenvalue weighted by Crippen LogP contribution is 2.41. The molecule has 13 nitrogen and oxygen atoms in total. The fourth-order valence-corrected chi connectivity index (χ4v) is 4.40. The van der Waals surface area contributed by atoms with Crippen molar-refractivity contribution < 1.29 is 23.4 Å². The zero-order chi connectivity index (χ0) is 28.4. The highest BCUT2D eigenvalue weighted by atomic mass is 19.1. The van der Waals surface area contributed by atoms with Crippen molar-refractivity contribution in [3.8, 4) is 23.2 Å². The molecule has 4 aromatic rings. The molecular formula is C26H25FN8O5. The molecule has 3 heterocycles. The van der Waals surface area contributed by atoms with Gasteiger partial charge in [0, 0.05) is 42.2 Å². The first kappa shape index (κ1) is 26.3.